The first-order valence-electron chi connectivity index (χ1n) is 8.96. The standard InChI is InChI=1S/C20H22N4O3/c1-25-15-9-14(10-16(11-15)26-2)22-19-4-3-17-20(24-19)23-18(12-21-17)13-5-7-27-8-6-13/h3-4,9-13H,5-8H2,1-2H3,(H,22,23,24). The molecule has 1 fully saturated rings. The molecule has 4 rings (SSSR count). The molecule has 1 aromatic carbocycles. The third-order valence-electron chi connectivity index (χ3n) is 4.69. The van der Waals surface area contributed by atoms with Gasteiger partial charge in [0.05, 0.1) is 19.9 Å². The Morgan fingerprint density at radius 2 is 1.74 bits per heavy atom. The fourth-order valence-corrected chi connectivity index (χ4v) is 3.20. The van der Waals surface area contributed by atoms with Crippen molar-refractivity contribution in [2.75, 3.05) is 32.8 Å². The molecule has 0 amide bonds. The molecule has 3 aromatic rings. The number of rotatable bonds is 5. The zero-order valence-corrected chi connectivity index (χ0v) is 15.4. The van der Waals surface area contributed by atoms with Gasteiger partial charge in [-0.05, 0) is 25.0 Å². The van der Waals surface area contributed by atoms with Gasteiger partial charge >= 0.3 is 0 Å². The Morgan fingerprint density at radius 1 is 1.00 bits per heavy atom. The molecule has 1 N–H and O–H groups in total. The molecule has 0 bridgehead atoms. The number of anilines is 2. The fraction of sp³-hybridized carbons (Fsp3) is 0.350. The highest BCUT2D eigenvalue weighted by Gasteiger charge is 2.18. The molecule has 0 aliphatic carbocycles. The summed E-state index contributed by atoms with van der Waals surface area (Å²) < 4.78 is 16.1. The smallest absolute Gasteiger partial charge is 0.180 e. The fourth-order valence-electron chi connectivity index (χ4n) is 3.20. The molecule has 0 radical (unpaired) electrons. The number of ether oxygens (including phenoxy) is 3. The van der Waals surface area contributed by atoms with Gasteiger partial charge in [-0.2, -0.15) is 0 Å². The zero-order chi connectivity index (χ0) is 18.6. The lowest BCUT2D eigenvalue weighted by molar-refractivity contribution is 0.0845. The highest BCUT2D eigenvalue weighted by molar-refractivity contribution is 5.73. The van der Waals surface area contributed by atoms with E-state index in [0.717, 1.165) is 43.0 Å². The van der Waals surface area contributed by atoms with E-state index in [2.05, 4.69) is 15.3 Å². The maximum atomic E-state index is 5.44. The minimum atomic E-state index is 0.386. The number of nitrogens with one attached hydrogen (secondary N) is 1. The van der Waals surface area contributed by atoms with Gasteiger partial charge in [-0.25, -0.2) is 9.97 Å². The Morgan fingerprint density at radius 3 is 2.44 bits per heavy atom. The lowest BCUT2D eigenvalue weighted by Gasteiger charge is -2.21. The number of nitrogens with zero attached hydrogens (tertiary/aromatic N) is 3. The molecule has 0 unspecified atom stereocenters. The molecule has 0 atom stereocenters. The second-order valence-electron chi connectivity index (χ2n) is 6.45. The minimum absolute atomic E-state index is 0.386. The Kier molecular flexibility index (Phi) is 5.02. The van der Waals surface area contributed by atoms with Crippen molar-refractivity contribution in [3.63, 3.8) is 0 Å². The summed E-state index contributed by atoms with van der Waals surface area (Å²) in [6, 6.07) is 9.40. The normalized spacial score (nSPS) is 14.9. The molecule has 0 saturated carbocycles. The van der Waals surface area contributed by atoms with Gasteiger partial charge in [0.15, 0.2) is 5.65 Å². The number of fused-ring (bicyclic) bond motifs is 1. The molecule has 2 aromatic heterocycles. The van der Waals surface area contributed by atoms with Crippen molar-refractivity contribution >= 4 is 22.7 Å². The van der Waals surface area contributed by atoms with Crippen LogP contribution < -0.4 is 14.8 Å². The van der Waals surface area contributed by atoms with Gasteiger partial charge in [-0.1, -0.05) is 0 Å². The zero-order valence-electron chi connectivity index (χ0n) is 15.4. The number of aromatic nitrogens is 3. The molecule has 7 nitrogen and oxygen atoms in total. The number of hydrogen-bond acceptors (Lipinski definition) is 7. The number of pyridine rings is 1. The van der Waals surface area contributed by atoms with Gasteiger partial charge in [0.2, 0.25) is 0 Å². The van der Waals surface area contributed by atoms with E-state index < -0.39 is 0 Å². The van der Waals surface area contributed by atoms with Crippen LogP contribution in [0.1, 0.15) is 24.5 Å². The van der Waals surface area contributed by atoms with Crippen molar-refractivity contribution in [1.29, 1.82) is 0 Å². The topological polar surface area (TPSA) is 78.4 Å². The first kappa shape index (κ1) is 17.5. The summed E-state index contributed by atoms with van der Waals surface area (Å²) in [4.78, 5) is 13.9. The molecule has 1 aliphatic heterocycles. The van der Waals surface area contributed by atoms with Crippen molar-refractivity contribution < 1.29 is 14.2 Å². The van der Waals surface area contributed by atoms with Crippen LogP contribution in [-0.2, 0) is 4.74 Å². The summed E-state index contributed by atoms with van der Waals surface area (Å²) in [7, 11) is 3.25. The van der Waals surface area contributed by atoms with Crippen molar-refractivity contribution in [3.05, 3.63) is 42.2 Å². The van der Waals surface area contributed by atoms with Crippen LogP contribution >= 0.6 is 0 Å². The van der Waals surface area contributed by atoms with Crippen molar-refractivity contribution in [2.45, 2.75) is 18.8 Å². The summed E-state index contributed by atoms with van der Waals surface area (Å²) in [6.07, 6.45) is 3.81. The largest absolute Gasteiger partial charge is 0.497 e. The van der Waals surface area contributed by atoms with Gasteiger partial charge in [0, 0.05) is 49.2 Å². The summed E-state index contributed by atoms with van der Waals surface area (Å²) in [5.74, 6) is 2.49. The lowest BCUT2D eigenvalue weighted by atomic mass is 9.97. The Balaban J connectivity index is 1.62. The predicted molar refractivity (Wildman–Crippen MR) is 103 cm³/mol. The van der Waals surface area contributed by atoms with E-state index in [-0.39, 0.29) is 0 Å². The van der Waals surface area contributed by atoms with E-state index in [1.807, 2.05) is 36.5 Å². The van der Waals surface area contributed by atoms with Crippen LogP contribution in [0.3, 0.4) is 0 Å². The van der Waals surface area contributed by atoms with Crippen LogP contribution in [0, 0.1) is 0 Å². The molecule has 3 heterocycles. The maximum absolute atomic E-state index is 5.44. The maximum Gasteiger partial charge on any atom is 0.180 e. The summed E-state index contributed by atoms with van der Waals surface area (Å²) in [5, 5.41) is 3.29. The van der Waals surface area contributed by atoms with Crippen LogP contribution in [-0.4, -0.2) is 42.4 Å². The molecule has 1 saturated heterocycles. The average Bonchev–Trinajstić information content (AvgIpc) is 2.73. The second-order valence-corrected chi connectivity index (χ2v) is 6.45. The predicted octanol–water partition coefficient (Wildman–Crippen LogP) is 3.68. The Bertz CT molecular complexity index is 919. The first-order chi connectivity index (χ1) is 13.2. The Hall–Kier alpha value is -2.93. The monoisotopic (exact) mass is 366 g/mol. The third kappa shape index (κ3) is 3.93. The van der Waals surface area contributed by atoms with Crippen LogP contribution in [0.4, 0.5) is 11.5 Å². The summed E-state index contributed by atoms with van der Waals surface area (Å²) in [6.45, 7) is 1.55. The number of benzene rings is 1. The molecular formula is C20H22N4O3. The average molecular weight is 366 g/mol. The SMILES string of the molecule is COc1cc(Nc2ccc3ncc(C4CCOCC4)nc3n2)cc(OC)c1. The van der Waals surface area contributed by atoms with Crippen LogP contribution in [0.2, 0.25) is 0 Å². The molecule has 27 heavy (non-hydrogen) atoms. The highest BCUT2D eigenvalue weighted by Crippen LogP contribution is 2.29. The van der Waals surface area contributed by atoms with Gasteiger partial charge in [-0.3, -0.25) is 4.98 Å². The quantitative estimate of drug-likeness (QED) is 0.738. The van der Waals surface area contributed by atoms with Gasteiger partial charge < -0.3 is 19.5 Å². The van der Waals surface area contributed by atoms with Gasteiger partial charge in [-0.15, -0.1) is 0 Å². The first-order valence-corrected chi connectivity index (χ1v) is 8.96. The molecule has 0 spiro atoms. The highest BCUT2D eigenvalue weighted by atomic mass is 16.5. The summed E-state index contributed by atoms with van der Waals surface area (Å²) >= 11 is 0. The van der Waals surface area contributed by atoms with E-state index >= 15 is 0 Å². The second kappa shape index (κ2) is 7.75. The number of methoxy groups -OCH3 is 2. The van der Waals surface area contributed by atoms with E-state index in [0.29, 0.717) is 28.9 Å². The van der Waals surface area contributed by atoms with Gasteiger partial charge in [0.25, 0.3) is 0 Å². The minimum Gasteiger partial charge on any atom is -0.497 e. The van der Waals surface area contributed by atoms with E-state index in [1.165, 1.54) is 0 Å². The molecule has 1 aliphatic rings. The van der Waals surface area contributed by atoms with Crippen molar-refractivity contribution in [2.24, 2.45) is 0 Å². The van der Waals surface area contributed by atoms with Crippen LogP contribution in [0.25, 0.3) is 11.2 Å². The van der Waals surface area contributed by atoms with E-state index in [1.54, 1.807) is 14.2 Å². The van der Waals surface area contributed by atoms with Gasteiger partial charge in [0.1, 0.15) is 22.8 Å². The van der Waals surface area contributed by atoms with Crippen LogP contribution in [0.5, 0.6) is 11.5 Å². The van der Waals surface area contributed by atoms with Crippen molar-refractivity contribution in [3.8, 4) is 11.5 Å². The van der Waals surface area contributed by atoms with E-state index in [4.69, 9.17) is 19.2 Å². The van der Waals surface area contributed by atoms with Crippen LogP contribution in [0.15, 0.2) is 36.5 Å². The van der Waals surface area contributed by atoms with E-state index in [9.17, 15) is 0 Å². The third-order valence-corrected chi connectivity index (χ3v) is 4.69. The summed E-state index contributed by atoms with van der Waals surface area (Å²) in [5.41, 5.74) is 3.23. The molecule has 140 valence electrons. The number of hydrogen-bond donors (Lipinski definition) is 1. The lowest BCUT2D eigenvalue weighted by Crippen LogP contribution is -2.15. The Labute approximate surface area is 157 Å². The van der Waals surface area contributed by atoms with Crippen molar-refractivity contribution in [1.82, 2.24) is 15.0 Å². The molecular weight excluding hydrogens is 344 g/mol. The molecule has 7 heteroatoms.